The normalized spacial score (nSPS) is 20.2. The van der Waals surface area contributed by atoms with Crippen LogP contribution in [0.1, 0.15) is 33.6 Å². The molecule has 0 saturated carbocycles. The summed E-state index contributed by atoms with van der Waals surface area (Å²) in [5, 5.41) is 3.10. The van der Waals surface area contributed by atoms with Crippen LogP contribution in [0.3, 0.4) is 0 Å². The van der Waals surface area contributed by atoms with Gasteiger partial charge in [0.15, 0.2) is 0 Å². The minimum Gasteiger partial charge on any atom is -0.353 e. The number of carbonyl (C=O) groups is 1. The van der Waals surface area contributed by atoms with Gasteiger partial charge < -0.3 is 16.0 Å². The maximum atomic E-state index is 11.8. The molecular weight excluding hydrogens is 273 g/mol. The van der Waals surface area contributed by atoms with Gasteiger partial charge in [0.25, 0.3) is 0 Å². The molecule has 1 heterocycles. The molecule has 0 aromatic carbocycles. The van der Waals surface area contributed by atoms with Gasteiger partial charge in [0.1, 0.15) is 0 Å². The van der Waals surface area contributed by atoms with E-state index in [4.69, 9.17) is 5.73 Å². The van der Waals surface area contributed by atoms with E-state index in [1.165, 1.54) is 0 Å². The van der Waals surface area contributed by atoms with Gasteiger partial charge in [-0.25, -0.2) is 0 Å². The van der Waals surface area contributed by atoms with Crippen molar-refractivity contribution in [3.8, 4) is 0 Å². The van der Waals surface area contributed by atoms with E-state index in [0.29, 0.717) is 6.04 Å². The molecule has 3 N–H and O–H groups in total. The van der Waals surface area contributed by atoms with Crippen molar-refractivity contribution in [2.24, 2.45) is 11.7 Å². The highest BCUT2D eigenvalue weighted by Gasteiger charge is 2.23. The molecule has 1 amide bonds. The Balaban J connectivity index is 0. The minimum atomic E-state index is -0.0933. The van der Waals surface area contributed by atoms with Crippen LogP contribution in [-0.2, 0) is 4.79 Å². The lowest BCUT2D eigenvalue weighted by molar-refractivity contribution is -0.126. The van der Waals surface area contributed by atoms with Gasteiger partial charge in [-0.2, -0.15) is 0 Å². The average molecular weight is 300 g/mol. The first-order valence-corrected chi connectivity index (χ1v) is 6.33. The summed E-state index contributed by atoms with van der Waals surface area (Å²) in [6.45, 7) is 9.24. The van der Waals surface area contributed by atoms with Crippen LogP contribution in [0.5, 0.6) is 0 Å². The van der Waals surface area contributed by atoms with Crippen LogP contribution in [0, 0.1) is 5.92 Å². The number of nitrogens with zero attached hydrogens (tertiary/aromatic N) is 1. The van der Waals surface area contributed by atoms with Gasteiger partial charge in [-0.1, -0.05) is 13.8 Å². The molecule has 0 aromatic rings. The van der Waals surface area contributed by atoms with Crippen LogP contribution in [0.25, 0.3) is 0 Å². The zero-order valence-electron chi connectivity index (χ0n) is 11.5. The van der Waals surface area contributed by atoms with E-state index in [2.05, 4.69) is 17.1 Å². The number of nitrogens with one attached hydrogen (secondary N) is 1. The fraction of sp³-hybridized carbons (Fsp3) is 0.917. The van der Waals surface area contributed by atoms with E-state index in [-0.39, 0.29) is 42.7 Å². The smallest absolute Gasteiger partial charge is 0.224 e. The van der Waals surface area contributed by atoms with Gasteiger partial charge in [0.2, 0.25) is 5.91 Å². The van der Waals surface area contributed by atoms with Crippen molar-refractivity contribution in [1.82, 2.24) is 10.2 Å². The van der Waals surface area contributed by atoms with E-state index in [1.54, 1.807) is 0 Å². The first kappa shape index (κ1) is 20.3. The number of carbonyl (C=O) groups excluding carboxylic acids is 1. The number of likely N-dealkylation sites (tertiary alicyclic amines) is 1. The molecule has 1 rings (SSSR count). The molecule has 1 saturated heterocycles. The quantitative estimate of drug-likeness (QED) is 0.825. The highest BCUT2D eigenvalue weighted by Crippen LogP contribution is 2.11. The fourth-order valence-corrected chi connectivity index (χ4v) is 1.96. The second-order valence-corrected chi connectivity index (χ2v) is 4.86. The van der Waals surface area contributed by atoms with Crippen LogP contribution in [0.15, 0.2) is 0 Å². The van der Waals surface area contributed by atoms with Crippen molar-refractivity contribution in [1.29, 1.82) is 0 Å². The van der Waals surface area contributed by atoms with Crippen molar-refractivity contribution in [2.45, 2.75) is 45.7 Å². The Morgan fingerprint density at radius 3 is 2.22 bits per heavy atom. The molecule has 1 fully saturated rings. The Hall–Kier alpha value is -0.0300. The van der Waals surface area contributed by atoms with Crippen LogP contribution in [0.2, 0.25) is 0 Å². The van der Waals surface area contributed by atoms with Crippen LogP contribution in [0.4, 0.5) is 0 Å². The Bertz CT molecular complexity index is 231. The summed E-state index contributed by atoms with van der Waals surface area (Å²) >= 11 is 0. The molecule has 0 radical (unpaired) electrons. The molecule has 4 nitrogen and oxygen atoms in total. The molecule has 0 bridgehead atoms. The predicted octanol–water partition coefficient (Wildman–Crippen LogP) is 1.41. The Morgan fingerprint density at radius 2 is 1.83 bits per heavy atom. The Labute approximate surface area is 123 Å². The summed E-state index contributed by atoms with van der Waals surface area (Å²) in [4.78, 5) is 14.2. The van der Waals surface area contributed by atoms with E-state index in [1.807, 2.05) is 13.8 Å². The van der Waals surface area contributed by atoms with Gasteiger partial charge in [-0.05, 0) is 26.3 Å². The van der Waals surface area contributed by atoms with Crippen molar-refractivity contribution in [3.05, 3.63) is 0 Å². The van der Waals surface area contributed by atoms with Gasteiger partial charge >= 0.3 is 0 Å². The first-order valence-electron chi connectivity index (χ1n) is 6.33. The SMILES string of the molecule is CCN1CCC(NC(=O)C(C)C(C)N)CC1.Cl.Cl. The van der Waals surface area contributed by atoms with E-state index >= 15 is 0 Å². The van der Waals surface area contributed by atoms with Crippen LogP contribution >= 0.6 is 24.8 Å². The van der Waals surface area contributed by atoms with Crippen LogP contribution < -0.4 is 11.1 Å². The van der Waals surface area contributed by atoms with Crippen molar-refractivity contribution >= 4 is 30.7 Å². The molecule has 2 atom stereocenters. The summed E-state index contributed by atoms with van der Waals surface area (Å²) in [7, 11) is 0. The standard InChI is InChI=1S/C12H25N3O.2ClH/c1-4-15-7-5-11(6-8-15)14-12(16)9(2)10(3)13;;/h9-11H,4-8,13H2,1-3H3,(H,14,16);2*1H. The van der Waals surface area contributed by atoms with Gasteiger partial charge in [-0.15, -0.1) is 24.8 Å². The molecule has 18 heavy (non-hydrogen) atoms. The molecule has 1 aliphatic heterocycles. The van der Waals surface area contributed by atoms with Gasteiger partial charge in [0.05, 0.1) is 0 Å². The Morgan fingerprint density at radius 1 is 1.33 bits per heavy atom. The lowest BCUT2D eigenvalue weighted by Gasteiger charge is -2.32. The third-order valence-corrected chi connectivity index (χ3v) is 3.58. The van der Waals surface area contributed by atoms with E-state index in [9.17, 15) is 4.79 Å². The van der Waals surface area contributed by atoms with Crippen molar-refractivity contribution in [2.75, 3.05) is 19.6 Å². The summed E-state index contributed by atoms with van der Waals surface area (Å²) in [6, 6.07) is 0.271. The number of nitrogens with two attached hydrogens (primary N) is 1. The average Bonchev–Trinajstić information content (AvgIpc) is 2.28. The van der Waals surface area contributed by atoms with E-state index in [0.717, 1.165) is 32.5 Å². The number of piperidine rings is 1. The second-order valence-electron chi connectivity index (χ2n) is 4.86. The van der Waals surface area contributed by atoms with Gasteiger partial charge in [0, 0.05) is 31.1 Å². The third-order valence-electron chi connectivity index (χ3n) is 3.58. The molecule has 1 aliphatic rings. The largest absolute Gasteiger partial charge is 0.353 e. The molecule has 110 valence electrons. The molecule has 6 heteroatoms. The zero-order chi connectivity index (χ0) is 12.1. The minimum absolute atomic E-state index is 0. The Kier molecular flexibility index (Phi) is 11.1. The summed E-state index contributed by atoms with van der Waals surface area (Å²) in [5.74, 6) is 0.00848. The summed E-state index contributed by atoms with van der Waals surface area (Å²) in [6.07, 6.45) is 2.12. The van der Waals surface area contributed by atoms with Crippen molar-refractivity contribution < 1.29 is 4.79 Å². The van der Waals surface area contributed by atoms with Crippen molar-refractivity contribution in [3.63, 3.8) is 0 Å². The number of hydrogen-bond donors (Lipinski definition) is 2. The number of hydrogen-bond acceptors (Lipinski definition) is 3. The molecule has 0 spiro atoms. The van der Waals surface area contributed by atoms with E-state index < -0.39 is 0 Å². The molecule has 0 aliphatic carbocycles. The fourth-order valence-electron chi connectivity index (χ4n) is 1.96. The monoisotopic (exact) mass is 299 g/mol. The maximum Gasteiger partial charge on any atom is 0.224 e. The number of amides is 1. The zero-order valence-corrected chi connectivity index (χ0v) is 13.1. The highest BCUT2D eigenvalue weighted by molar-refractivity contribution is 5.85. The third kappa shape index (κ3) is 6.23. The molecule has 0 aromatic heterocycles. The first-order chi connectivity index (χ1) is 7.54. The lowest BCUT2D eigenvalue weighted by atomic mass is 10.0. The molecule has 2 unspecified atom stereocenters. The lowest BCUT2D eigenvalue weighted by Crippen LogP contribution is -2.48. The topological polar surface area (TPSA) is 58.4 Å². The molecular formula is C12H27Cl2N3O. The highest BCUT2D eigenvalue weighted by atomic mass is 35.5. The summed E-state index contributed by atoms with van der Waals surface area (Å²) < 4.78 is 0. The summed E-state index contributed by atoms with van der Waals surface area (Å²) in [5.41, 5.74) is 5.72. The predicted molar refractivity (Wildman–Crippen MR) is 80.6 cm³/mol. The maximum absolute atomic E-state index is 11.8. The van der Waals surface area contributed by atoms with Crippen LogP contribution in [-0.4, -0.2) is 42.5 Å². The second kappa shape index (κ2) is 9.84. The van der Waals surface area contributed by atoms with Gasteiger partial charge in [-0.3, -0.25) is 4.79 Å². The number of rotatable bonds is 4. The number of halogens is 2.